The van der Waals surface area contributed by atoms with E-state index in [4.69, 9.17) is 5.11 Å². The molecule has 0 spiro atoms. The molecule has 0 aliphatic carbocycles. The van der Waals surface area contributed by atoms with E-state index in [0.29, 0.717) is 0 Å². The van der Waals surface area contributed by atoms with Gasteiger partial charge in [-0.3, -0.25) is 4.79 Å². The van der Waals surface area contributed by atoms with Gasteiger partial charge in [-0.2, -0.15) is 0 Å². The molecule has 0 heterocycles. The average Bonchev–Trinajstić information content (AvgIpc) is 2.39. The molecule has 0 saturated heterocycles. The van der Waals surface area contributed by atoms with Crippen LogP contribution in [-0.2, 0) is 4.79 Å². The van der Waals surface area contributed by atoms with Crippen LogP contribution in [0.2, 0.25) is 0 Å². The first-order valence-corrected chi connectivity index (χ1v) is 5.63. The van der Waals surface area contributed by atoms with Gasteiger partial charge in [0.25, 0.3) is 5.78 Å². The Morgan fingerprint density at radius 1 is 1.05 bits per heavy atom. The number of rotatable bonds is 3. The van der Waals surface area contributed by atoms with Gasteiger partial charge >= 0.3 is 5.97 Å². The van der Waals surface area contributed by atoms with Gasteiger partial charge < -0.3 is 5.11 Å². The van der Waals surface area contributed by atoms with E-state index in [0.717, 1.165) is 16.7 Å². The van der Waals surface area contributed by atoms with Gasteiger partial charge in [-0.25, -0.2) is 9.18 Å². The van der Waals surface area contributed by atoms with E-state index >= 15 is 0 Å². The number of benzene rings is 2. The van der Waals surface area contributed by atoms with E-state index in [9.17, 15) is 14.0 Å². The summed E-state index contributed by atoms with van der Waals surface area (Å²) in [6, 6.07) is 10.6. The Balaban J connectivity index is 2.42. The Labute approximate surface area is 109 Å². The number of carboxylic acid groups (broad SMARTS) is 1. The lowest BCUT2D eigenvalue weighted by Gasteiger charge is -2.07. The van der Waals surface area contributed by atoms with Crippen LogP contribution < -0.4 is 0 Å². The third-order valence-corrected chi connectivity index (χ3v) is 2.84. The maximum Gasteiger partial charge on any atom is 0.377 e. The van der Waals surface area contributed by atoms with Gasteiger partial charge in [-0.1, -0.05) is 24.3 Å². The number of carbonyl (C=O) groups excluding carboxylic acids is 1. The SMILES string of the molecule is Cc1cc(C(=O)C(=O)O)ccc1-c1ccc(F)cc1. The molecular formula is C15H11FO3. The van der Waals surface area contributed by atoms with Gasteiger partial charge in [0.2, 0.25) is 0 Å². The second-order valence-corrected chi connectivity index (χ2v) is 4.17. The lowest BCUT2D eigenvalue weighted by atomic mass is 9.97. The molecule has 0 amide bonds. The molecule has 2 aromatic rings. The Hall–Kier alpha value is -2.49. The van der Waals surface area contributed by atoms with Crippen LogP contribution in [0.25, 0.3) is 11.1 Å². The van der Waals surface area contributed by atoms with Crippen LogP contribution in [0.4, 0.5) is 4.39 Å². The minimum atomic E-state index is -1.48. The molecule has 0 radical (unpaired) electrons. The highest BCUT2D eigenvalue weighted by Gasteiger charge is 2.15. The third kappa shape index (κ3) is 2.68. The van der Waals surface area contributed by atoms with E-state index < -0.39 is 11.8 Å². The second-order valence-electron chi connectivity index (χ2n) is 4.17. The zero-order valence-electron chi connectivity index (χ0n) is 10.2. The number of hydrogen-bond donors (Lipinski definition) is 1. The van der Waals surface area contributed by atoms with Crippen molar-refractivity contribution < 1.29 is 19.1 Å². The lowest BCUT2D eigenvalue weighted by molar-refractivity contribution is -0.131. The molecule has 1 N–H and O–H groups in total. The number of hydrogen-bond acceptors (Lipinski definition) is 2. The predicted octanol–water partition coefficient (Wildman–Crippen LogP) is 3.07. The monoisotopic (exact) mass is 258 g/mol. The summed E-state index contributed by atoms with van der Waals surface area (Å²) in [5.41, 5.74) is 2.55. The maximum absolute atomic E-state index is 12.9. The average molecular weight is 258 g/mol. The molecule has 0 aliphatic heterocycles. The van der Waals surface area contributed by atoms with Crippen molar-refractivity contribution in [1.82, 2.24) is 0 Å². The number of carbonyl (C=O) groups is 2. The number of ketones is 1. The van der Waals surface area contributed by atoms with Crippen LogP contribution in [0.5, 0.6) is 0 Å². The summed E-state index contributed by atoms with van der Waals surface area (Å²) < 4.78 is 12.9. The second kappa shape index (κ2) is 5.02. The van der Waals surface area contributed by atoms with Crippen LogP contribution >= 0.6 is 0 Å². The standard InChI is InChI=1S/C15H11FO3/c1-9-8-11(14(17)15(18)19)4-7-13(9)10-2-5-12(16)6-3-10/h2-8H,1H3,(H,18,19). The Bertz CT molecular complexity index is 645. The quantitative estimate of drug-likeness (QED) is 0.680. The first-order chi connectivity index (χ1) is 8.99. The molecule has 0 bridgehead atoms. The molecule has 0 fully saturated rings. The molecule has 2 aromatic carbocycles. The van der Waals surface area contributed by atoms with Crippen molar-refractivity contribution in [2.45, 2.75) is 6.92 Å². The topological polar surface area (TPSA) is 54.4 Å². The maximum atomic E-state index is 12.9. The molecule has 19 heavy (non-hydrogen) atoms. The van der Waals surface area contributed by atoms with Crippen molar-refractivity contribution in [1.29, 1.82) is 0 Å². The first kappa shape index (κ1) is 13.0. The van der Waals surface area contributed by atoms with E-state index in [1.807, 2.05) is 0 Å². The minimum absolute atomic E-state index is 0.135. The number of halogens is 1. The molecule has 0 aliphatic rings. The van der Waals surface area contributed by atoms with Crippen molar-refractivity contribution in [3.63, 3.8) is 0 Å². The van der Waals surface area contributed by atoms with E-state index in [1.54, 1.807) is 25.1 Å². The lowest BCUT2D eigenvalue weighted by Crippen LogP contribution is -2.12. The molecule has 2 rings (SSSR count). The molecular weight excluding hydrogens is 247 g/mol. The zero-order valence-corrected chi connectivity index (χ0v) is 10.2. The van der Waals surface area contributed by atoms with E-state index in [1.165, 1.54) is 24.3 Å². The summed E-state index contributed by atoms with van der Waals surface area (Å²) in [5.74, 6) is -2.73. The molecule has 0 atom stereocenters. The zero-order chi connectivity index (χ0) is 14.0. The highest BCUT2D eigenvalue weighted by molar-refractivity contribution is 6.39. The van der Waals surface area contributed by atoms with Crippen LogP contribution in [0, 0.1) is 12.7 Å². The molecule has 4 heteroatoms. The van der Waals surface area contributed by atoms with E-state index in [2.05, 4.69) is 0 Å². The number of aryl methyl sites for hydroxylation is 1. The summed E-state index contributed by atoms with van der Waals surface area (Å²) in [4.78, 5) is 22.0. The Morgan fingerprint density at radius 3 is 2.21 bits per heavy atom. The molecule has 0 saturated carbocycles. The Kier molecular flexibility index (Phi) is 3.42. The molecule has 3 nitrogen and oxygen atoms in total. The third-order valence-electron chi connectivity index (χ3n) is 2.84. The van der Waals surface area contributed by atoms with Crippen LogP contribution in [0.15, 0.2) is 42.5 Å². The van der Waals surface area contributed by atoms with Crippen LogP contribution in [-0.4, -0.2) is 16.9 Å². The molecule has 96 valence electrons. The molecule has 0 aromatic heterocycles. The predicted molar refractivity (Wildman–Crippen MR) is 68.5 cm³/mol. The summed E-state index contributed by atoms with van der Waals surface area (Å²) in [7, 11) is 0. The number of carboxylic acids is 1. The van der Waals surface area contributed by atoms with Gasteiger partial charge in [0.05, 0.1) is 0 Å². The summed E-state index contributed by atoms with van der Waals surface area (Å²) in [6.45, 7) is 1.78. The minimum Gasteiger partial charge on any atom is -0.475 e. The van der Waals surface area contributed by atoms with Gasteiger partial charge in [-0.15, -0.1) is 0 Å². The van der Waals surface area contributed by atoms with Crippen molar-refractivity contribution in [3.05, 3.63) is 59.4 Å². The number of Topliss-reactive ketones (excluding diaryl/α,β-unsaturated/α-hetero) is 1. The van der Waals surface area contributed by atoms with Crippen molar-refractivity contribution in [2.75, 3.05) is 0 Å². The fourth-order valence-corrected chi connectivity index (χ4v) is 1.88. The van der Waals surface area contributed by atoms with Gasteiger partial charge in [0.15, 0.2) is 0 Å². The van der Waals surface area contributed by atoms with Crippen LogP contribution in [0.1, 0.15) is 15.9 Å². The fraction of sp³-hybridized carbons (Fsp3) is 0.0667. The summed E-state index contributed by atoms with van der Waals surface area (Å²) in [5, 5.41) is 8.65. The molecule has 0 unspecified atom stereocenters. The normalized spacial score (nSPS) is 10.2. The first-order valence-electron chi connectivity index (χ1n) is 5.63. The Morgan fingerprint density at radius 2 is 1.68 bits per heavy atom. The highest BCUT2D eigenvalue weighted by Crippen LogP contribution is 2.24. The van der Waals surface area contributed by atoms with Crippen molar-refractivity contribution in [3.8, 4) is 11.1 Å². The van der Waals surface area contributed by atoms with Crippen LogP contribution in [0.3, 0.4) is 0 Å². The highest BCUT2D eigenvalue weighted by atomic mass is 19.1. The summed E-state index contributed by atoms with van der Waals surface area (Å²) in [6.07, 6.45) is 0. The van der Waals surface area contributed by atoms with Gasteiger partial charge in [0.1, 0.15) is 5.82 Å². The smallest absolute Gasteiger partial charge is 0.377 e. The van der Waals surface area contributed by atoms with Crippen molar-refractivity contribution in [2.24, 2.45) is 0 Å². The van der Waals surface area contributed by atoms with Gasteiger partial charge in [0, 0.05) is 5.56 Å². The van der Waals surface area contributed by atoms with Gasteiger partial charge in [-0.05, 0) is 41.8 Å². The van der Waals surface area contributed by atoms with E-state index in [-0.39, 0.29) is 11.4 Å². The van der Waals surface area contributed by atoms with Crippen molar-refractivity contribution >= 4 is 11.8 Å². The number of aliphatic carboxylic acids is 1. The summed E-state index contributed by atoms with van der Waals surface area (Å²) >= 11 is 0. The largest absolute Gasteiger partial charge is 0.475 e. The fourth-order valence-electron chi connectivity index (χ4n) is 1.88.